The number of pyridine rings is 1. The Labute approximate surface area is 194 Å². The van der Waals surface area contributed by atoms with E-state index in [1.54, 1.807) is 13.0 Å². The predicted molar refractivity (Wildman–Crippen MR) is 123 cm³/mol. The van der Waals surface area contributed by atoms with E-state index < -0.39 is 6.09 Å². The third-order valence-electron chi connectivity index (χ3n) is 7.08. The zero-order valence-electron chi connectivity index (χ0n) is 19.3. The van der Waals surface area contributed by atoms with Crippen LogP contribution in [0, 0.1) is 12.8 Å². The van der Waals surface area contributed by atoms with Gasteiger partial charge in [0.25, 0.3) is 0 Å². The summed E-state index contributed by atoms with van der Waals surface area (Å²) in [4.78, 5) is 21.6. The first-order chi connectivity index (χ1) is 16.1. The number of hydrogen-bond donors (Lipinski definition) is 1. The highest BCUT2D eigenvalue weighted by molar-refractivity contribution is 5.70. The van der Waals surface area contributed by atoms with Crippen LogP contribution in [0.4, 0.5) is 10.6 Å². The summed E-state index contributed by atoms with van der Waals surface area (Å²) in [7, 11) is 0. The minimum Gasteiger partial charge on any atom is -0.489 e. The molecule has 2 aromatic rings. The zero-order valence-corrected chi connectivity index (χ0v) is 19.3. The highest BCUT2D eigenvalue weighted by Gasteiger charge is 2.27. The Morgan fingerprint density at radius 3 is 2.79 bits per heavy atom. The summed E-state index contributed by atoms with van der Waals surface area (Å²) in [6, 6.07) is 3.85. The van der Waals surface area contributed by atoms with Crippen molar-refractivity contribution in [3.05, 3.63) is 29.6 Å². The van der Waals surface area contributed by atoms with Crippen molar-refractivity contribution in [3.63, 3.8) is 0 Å². The van der Waals surface area contributed by atoms with Crippen LogP contribution in [-0.2, 0) is 6.42 Å². The van der Waals surface area contributed by atoms with Gasteiger partial charge in [-0.2, -0.15) is 0 Å². The molecule has 3 aliphatic rings. The standard InChI is InChI=1S/C24H33N5O4/c1-17-16-21(33-27-17)32-24(30)26-20-4-2-18(3-5-20)7-10-28-11-13-29(14-12-28)23-22-19(6-9-25-23)8-15-31-22/h6,9,16,18,20H,2-5,7-8,10-15H2,1H3,(H,26,30)/t18-,20-. The van der Waals surface area contributed by atoms with Gasteiger partial charge in [0.05, 0.1) is 12.3 Å². The lowest BCUT2D eigenvalue weighted by molar-refractivity contribution is 0.167. The number of nitrogens with zero attached hydrogens (tertiary/aromatic N) is 4. The van der Waals surface area contributed by atoms with Crippen LogP contribution in [0.3, 0.4) is 0 Å². The van der Waals surface area contributed by atoms with Crippen molar-refractivity contribution >= 4 is 11.9 Å². The van der Waals surface area contributed by atoms with Gasteiger partial charge in [-0.3, -0.25) is 4.90 Å². The van der Waals surface area contributed by atoms with E-state index >= 15 is 0 Å². The van der Waals surface area contributed by atoms with Gasteiger partial charge in [-0.05, 0) is 57.6 Å². The van der Waals surface area contributed by atoms with Crippen LogP contribution in [0.1, 0.15) is 43.4 Å². The van der Waals surface area contributed by atoms with Crippen LogP contribution >= 0.6 is 0 Å². The monoisotopic (exact) mass is 455 g/mol. The lowest BCUT2D eigenvalue weighted by Gasteiger charge is -2.37. The van der Waals surface area contributed by atoms with Gasteiger partial charge < -0.3 is 24.2 Å². The molecule has 1 saturated heterocycles. The second kappa shape index (κ2) is 9.99. The van der Waals surface area contributed by atoms with Crippen LogP contribution in [0.15, 0.2) is 22.9 Å². The number of rotatable bonds is 6. The van der Waals surface area contributed by atoms with Gasteiger partial charge in [-0.1, -0.05) is 5.16 Å². The summed E-state index contributed by atoms with van der Waals surface area (Å²) >= 11 is 0. The van der Waals surface area contributed by atoms with Crippen LogP contribution < -0.4 is 19.7 Å². The number of ether oxygens (including phenoxy) is 2. The third kappa shape index (κ3) is 5.40. The van der Waals surface area contributed by atoms with E-state index in [9.17, 15) is 4.79 Å². The molecule has 0 unspecified atom stereocenters. The topological polar surface area (TPSA) is 93.0 Å². The molecule has 1 aliphatic carbocycles. The molecule has 5 rings (SSSR count). The minimum atomic E-state index is -0.462. The molecular formula is C24H33N5O4. The van der Waals surface area contributed by atoms with Crippen molar-refractivity contribution < 1.29 is 18.8 Å². The number of aromatic nitrogens is 2. The molecule has 0 spiro atoms. The van der Waals surface area contributed by atoms with E-state index in [1.807, 2.05) is 6.20 Å². The second-order valence-electron chi connectivity index (χ2n) is 9.38. The summed E-state index contributed by atoms with van der Waals surface area (Å²) in [6.45, 7) is 7.82. The van der Waals surface area contributed by atoms with Gasteiger partial charge in [0, 0.05) is 56.5 Å². The molecule has 9 heteroatoms. The fourth-order valence-electron chi connectivity index (χ4n) is 5.14. The van der Waals surface area contributed by atoms with E-state index in [0.717, 1.165) is 88.9 Å². The molecule has 0 radical (unpaired) electrons. The maximum atomic E-state index is 12.1. The second-order valence-corrected chi connectivity index (χ2v) is 9.38. The Kier molecular flexibility index (Phi) is 6.66. The molecule has 2 aliphatic heterocycles. The number of carbonyl (C=O) groups excluding carboxylic acids is 1. The summed E-state index contributed by atoms with van der Waals surface area (Å²) in [5.74, 6) is 2.88. The Hall–Kier alpha value is -2.81. The van der Waals surface area contributed by atoms with Gasteiger partial charge >= 0.3 is 12.0 Å². The average Bonchev–Trinajstić information content (AvgIpc) is 3.47. The molecule has 0 aromatic carbocycles. The molecule has 4 heterocycles. The van der Waals surface area contributed by atoms with E-state index in [2.05, 4.69) is 31.3 Å². The molecule has 1 N–H and O–H groups in total. The van der Waals surface area contributed by atoms with Crippen molar-refractivity contribution in [3.8, 4) is 11.7 Å². The molecule has 1 saturated carbocycles. The van der Waals surface area contributed by atoms with Gasteiger partial charge in [0.15, 0.2) is 11.6 Å². The zero-order chi connectivity index (χ0) is 22.6. The smallest absolute Gasteiger partial charge is 0.415 e. The molecular weight excluding hydrogens is 422 g/mol. The van der Waals surface area contributed by atoms with Crippen LogP contribution in [0.25, 0.3) is 0 Å². The van der Waals surface area contributed by atoms with Crippen molar-refractivity contribution in [1.82, 2.24) is 20.4 Å². The van der Waals surface area contributed by atoms with Gasteiger partial charge in [-0.25, -0.2) is 9.78 Å². The fraction of sp³-hybridized carbons (Fsp3) is 0.625. The maximum absolute atomic E-state index is 12.1. The van der Waals surface area contributed by atoms with Crippen molar-refractivity contribution in [2.75, 3.05) is 44.2 Å². The highest BCUT2D eigenvalue weighted by atomic mass is 16.7. The Balaban J connectivity index is 0.997. The SMILES string of the molecule is Cc1cc(OC(=O)N[C@H]2CC[C@H](CCN3CCN(c4nccc5c4OCC5)CC3)CC2)on1. The third-order valence-corrected chi connectivity index (χ3v) is 7.08. The molecule has 9 nitrogen and oxygen atoms in total. The number of carbonyl (C=O) groups is 1. The molecule has 0 atom stereocenters. The summed E-state index contributed by atoms with van der Waals surface area (Å²) < 4.78 is 15.9. The number of aryl methyl sites for hydroxylation is 1. The van der Waals surface area contributed by atoms with E-state index in [0.29, 0.717) is 5.69 Å². The number of piperazine rings is 1. The highest BCUT2D eigenvalue weighted by Crippen LogP contribution is 2.34. The Morgan fingerprint density at radius 2 is 2.03 bits per heavy atom. The largest absolute Gasteiger partial charge is 0.489 e. The number of amides is 1. The van der Waals surface area contributed by atoms with Crippen molar-refractivity contribution in [2.45, 2.75) is 51.5 Å². The molecule has 1 amide bonds. The number of fused-ring (bicyclic) bond motifs is 1. The average molecular weight is 456 g/mol. The van der Waals surface area contributed by atoms with E-state index in [1.165, 1.54) is 12.0 Å². The van der Waals surface area contributed by atoms with Crippen LogP contribution in [-0.4, -0.2) is 66.5 Å². The fourth-order valence-corrected chi connectivity index (χ4v) is 5.14. The van der Waals surface area contributed by atoms with Crippen LogP contribution in [0.5, 0.6) is 11.7 Å². The summed E-state index contributed by atoms with van der Waals surface area (Å²) in [5, 5.41) is 6.68. The van der Waals surface area contributed by atoms with Crippen LogP contribution in [0.2, 0.25) is 0 Å². The molecule has 2 aromatic heterocycles. The molecule has 0 bridgehead atoms. The first-order valence-electron chi connectivity index (χ1n) is 12.1. The van der Waals surface area contributed by atoms with Crippen molar-refractivity contribution in [1.29, 1.82) is 0 Å². The van der Waals surface area contributed by atoms with Gasteiger partial charge in [0.1, 0.15) is 0 Å². The Bertz CT molecular complexity index is 948. The Morgan fingerprint density at radius 1 is 1.21 bits per heavy atom. The normalized spacial score (nSPS) is 23.1. The lowest BCUT2D eigenvalue weighted by atomic mass is 9.84. The summed E-state index contributed by atoms with van der Waals surface area (Å²) in [6.07, 6.45) is 7.93. The maximum Gasteiger partial charge on any atom is 0.415 e. The number of nitrogens with one attached hydrogen (secondary N) is 1. The first-order valence-corrected chi connectivity index (χ1v) is 12.1. The minimum absolute atomic E-state index is 0.138. The number of hydrogen-bond acceptors (Lipinski definition) is 8. The molecule has 33 heavy (non-hydrogen) atoms. The van der Waals surface area contributed by atoms with E-state index in [4.69, 9.17) is 14.0 Å². The number of anilines is 1. The molecule has 178 valence electrons. The predicted octanol–water partition coefficient (Wildman–Crippen LogP) is 3.17. The van der Waals surface area contributed by atoms with Crippen molar-refractivity contribution in [2.24, 2.45) is 5.92 Å². The molecule has 2 fully saturated rings. The van der Waals surface area contributed by atoms with Gasteiger partial charge in [-0.15, -0.1) is 0 Å². The summed E-state index contributed by atoms with van der Waals surface area (Å²) in [5.41, 5.74) is 1.97. The van der Waals surface area contributed by atoms with Gasteiger partial charge in [0.2, 0.25) is 0 Å². The quantitative estimate of drug-likeness (QED) is 0.710. The lowest BCUT2D eigenvalue weighted by Crippen LogP contribution is -2.47. The first kappa shape index (κ1) is 22.0. The van der Waals surface area contributed by atoms with E-state index in [-0.39, 0.29) is 12.0 Å².